The molecular weight excluding hydrogens is 292 g/mol. The summed E-state index contributed by atoms with van der Waals surface area (Å²) in [5.74, 6) is 0. The van der Waals surface area contributed by atoms with Gasteiger partial charge in [0.1, 0.15) is 6.10 Å². The van der Waals surface area contributed by atoms with E-state index in [9.17, 15) is 5.21 Å². The lowest BCUT2D eigenvalue weighted by molar-refractivity contribution is -0.725. The van der Waals surface area contributed by atoms with E-state index in [1.165, 1.54) is 5.69 Å². The molecule has 2 rings (SSSR count). The van der Waals surface area contributed by atoms with E-state index >= 15 is 0 Å². The Balaban J connectivity index is 1.85. The first-order valence-electron chi connectivity index (χ1n) is 8.33. The largest absolute Gasteiger partial charge is 0.569 e. The molecular formula is C17H28N4O2. The maximum Gasteiger partial charge on any atom is 0.233 e. The molecule has 6 nitrogen and oxygen atoms in total. The van der Waals surface area contributed by atoms with Crippen LogP contribution in [0.1, 0.15) is 40.5 Å². The second-order valence-corrected chi connectivity index (χ2v) is 6.85. The van der Waals surface area contributed by atoms with Gasteiger partial charge in [-0.15, -0.1) is 5.01 Å². The van der Waals surface area contributed by atoms with Crippen LogP contribution in [0.2, 0.25) is 0 Å². The summed E-state index contributed by atoms with van der Waals surface area (Å²) in [5, 5.41) is 17.5. The molecule has 1 aromatic carbocycles. The molecule has 1 fully saturated rings. The topological polar surface area (TPSA) is 54.1 Å². The first-order valence-corrected chi connectivity index (χ1v) is 8.33. The van der Waals surface area contributed by atoms with Crippen LogP contribution in [0.5, 0.6) is 0 Å². The van der Waals surface area contributed by atoms with Crippen LogP contribution in [-0.4, -0.2) is 41.3 Å². The van der Waals surface area contributed by atoms with Crippen molar-refractivity contribution >= 4 is 5.69 Å². The zero-order valence-corrected chi connectivity index (χ0v) is 14.6. The van der Waals surface area contributed by atoms with Crippen molar-refractivity contribution in [2.75, 3.05) is 24.5 Å². The predicted molar refractivity (Wildman–Crippen MR) is 91.0 cm³/mol. The summed E-state index contributed by atoms with van der Waals surface area (Å²) in [5.41, 5.74) is 0.957. The Labute approximate surface area is 138 Å². The fourth-order valence-corrected chi connectivity index (χ4v) is 2.86. The molecule has 0 bridgehead atoms. The number of anilines is 1. The van der Waals surface area contributed by atoms with Gasteiger partial charge in [-0.05, 0) is 39.8 Å². The third kappa shape index (κ3) is 4.74. The van der Waals surface area contributed by atoms with Crippen molar-refractivity contribution < 1.29 is 9.81 Å². The van der Waals surface area contributed by atoms with Crippen LogP contribution in [0.15, 0.2) is 35.6 Å². The fraction of sp³-hybridized carbons (Fsp3) is 0.647. The highest BCUT2D eigenvalue weighted by Crippen LogP contribution is 2.21. The Morgan fingerprint density at radius 3 is 2.39 bits per heavy atom. The van der Waals surface area contributed by atoms with Crippen LogP contribution in [-0.2, 0) is 4.84 Å². The van der Waals surface area contributed by atoms with Gasteiger partial charge < -0.3 is 14.9 Å². The monoisotopic (exact) mass is 320 g/mol. The zero-order valence-electron chi connectivity index (χ0n) is 14.6. The lowest BCUT2D eigenvalue weighted by Gasteiger charge is -2.32. The van der Waals surface area contributed by atoms with E-state index in [2.05, 4.69) is 22.3 Å². The molecule has 6 heteroatoms. The van der Waals surface area contributed by atoms with Gasteiger partial charge in [0.25, 0.3) is 0 Å². The van der Waals surface area contributed by atoms with E-state index in [0.717, 1.165) is 25.9 Å². The second-order valence-electron chi connectivity index (χ2n) is 6.85. The summed E-state index contributed by atoms with van der Waals surface area (Å²) in [6.45, 7) is 10.3. The quantitative estimate of drug-likeness (QED) is 0.473. The number of hydrogen-bond acceptors (Lipinski definition) is 4. The van der Waals surface area contributed by atoms with Crippen LogP contribution in [0.25, 0.3) is 0 Å². The van der Waals surface area contributed by atoms with E-state index in [4.69, 9.17) is 4.84 Å². The molecule has 1 aromatic rings. The molecule has 23 heavy (non-hydrogen) atoms. The maximum absolute atomic E-state index is 12.1. The van der Waals surface area contributed by atoms with E-state index < -0.39 is 0 Å². The first kappa shape index (κ1) is 17.4. The molecule has 0 unspecified atom stereocenters. The highest BCUT2D eigenvalue weighted by atomic mass is 16.7. The summed E-state index contributed by atoms with van der Waals surface area (Å²) in [6, 6.07) is 10.4. The van der Waals surface area contributed by atoms with Crippen LogP contribution in [0.4, 0.5) is 5.69 Å². The number of nitrogens with zero attached hydrogens (tertiary/aromatic N) is 4. The Morgan fingerprint density at radius 1 is 1.26 bits per heavy atom. The van der Waals surface area contributed by atoms with Gasteiger partial charge in [0.15, 0.2) is 0 Å². The molecule has 0 radical (unpaired) electrons. The maximum atomic E-state index is 12.1. The molecule has 1 saturated heterocycles. The normalized spacial score (nSPS) is 17.2. The van der Waals surface area contributed by atoms with E-state index in [1.807, 2.05) is 45.9 Å². The van der Waals surface area contributed by atoms with Gasteiger partial charge in [-0.25, -0.2) is 0 Å². The molecule has 0 aliphatic carbocycles. The van der Waals surface area contributed by atoms with Gasteiger partial charge in [-0.1, -0.05) is 18.2 Å². The fourth-order valence-electron chi connectivity index (χ4n) is 2.86. The van der Waals surface area contributed by atoms with Gasteiger partial charge in [0, 0.05) is 31.6 Å². The number of benzene rings is 1. The molecule has 0 aromatic heterocycles. The SMILES string of the molecule is CCN(/[N+]([O-])=N/OC1CCN(c2ccccc2)CC1)C(C)(C)C. The van der Waals surface area contributed by atoms with Crippen molar-refractivity contribution in [2.45, 2.75) is 52.2 Å². The van der Waals surface area contributed by atoms with Crippen molar-refractivity contribution in [3.8, 4) is 0 Å². The van der Waals surface area contributed by atoms with Crippen LogP contribution in [0.3, 0.4) is 0 Å². The van der Waals surface area contributed by atoms with E-state index in [-0.39, 0.29) is 11.6 Å². The third-order valence-electron chi connectivity index (χ3n) is 4.11. The number of hydrazine groups is 1. The smallest absolute Gasteiger partial charge is 0.233 e. The first-order chi connectivity index (χ1) is 10.9. The molecule has 0 saturated carbocycles. The molecule has 0 atom stereocenters. The number of rotatable bonds is 5. The summed E-state index contributed by atoms with van der Waals surface area (Å²) >= 11 is 0. The van der Waals surface area contributed by atoms with Crippen molar-refractivity contribution in [1.82, 2.24) is 5.01 Å². The predicted octanol–water partition coefficient (Wildman–Crippen LogP) is 3.58. The van der Waals surface area contributed by atoms with Gasteiger partial charge >= 0.3 is 0 Å². The highest BCUT2D eigenvalue weighted by molar-refractivity contribution is 5.46. The minimum atomic E-state index is -0.278. The van der Waals surface area contributed by atoms with Crippen molar-refractivity contribution in [3.05, 3.63) is 35.5 Å². The number of piperidine rings is 1. The molecule has 0 amide bonds. The summed E-state index contributed by atoms with van der Waals surface area (Å²) in [6.07, 6.45) is 1.74. The Bertz CT molecular complexity index is 505. The Morgan fingerprint density at radius 2 is 1.87 bits per heavy atom. The third-order valence-corrected chi connectivity index (χ3v) is 4.11. The molecule has 1 aliphatic rings. The molecule has 1 aliphatic heterocycles. The summed E-state index contributed by atoms with van der Waals surface area (Å²) < 4.78 is 0. The molecule has 1 heterocycles. The minimum Gasteiger partial charge on any atom is -0.569 e. The van der Waals surface area contributed by atoms with Gasteiger partial charge in [0.05, 0.1) is 17.1 Å². The minimum absolute atomic E-state index is 0.00471. The highest BCUT2D eigenvalue weighted by Gasteiger charge is 2.28. The standard InChI is InChI=1S/C17H28N4O2/c1-5-20(17(2,3)4)21(22)18-23-16-11-13-19(14-12-16)15-9-7-6-8-10-15/h6-10,16H,5,11-14H2,1-4H3/b21-18-. The average Bonchev–Trinajstić information content (AvgIpc) is 2.53. The number of para-hydroxylation sites is 1. The van der Waals surface area contributed by atoms with Crippen molar-refractivity contribution in [1.29, 1.82) is 0 Å². The van der Waals surface area contributed by atoms with Crippen molar-refractivity contribution in [3.63, 3.8) is 0 Å². The Kier molecular flexibility index (Phi) is 5.69. The molecule has 128 valence electrons. The summed E-state index contributed by atoms with van der Waals surface area (Å²) in [4.78, 5) is 8.40. The van der Waals surface area contributed by atoms with Gasteiger partial charge in [-0.3, -0.25) is 0 Å². The van der Waals surface area contributed by atoms with Gasteiger partial charge in [-0.2, -0.15) is 0 Å². The molecule has 0 N–H and O–H groups in total. The Hall–Kier alpha value is -1.98. The van der Waals surface area contributed by atoms with Crippen molar-refractivity contribution in [2.24, 2.45) is 5.28 Å². The van der Waals surface area contributed by atoms with Crippen LogP contribution >= 0.6 is 0 Å². The summed E-state index contributed by atoms with van der Waals surface area (Å²) in [7, 11) is 0. The number of hydrogen-bond donors (Lipinski definition) is 0. The second kappa shape index (κ2) is 7.53. The van der Waals surface area contributed by atoms with Gasteiger partial charge in [0.2, 0.25) is 5.28 Å². The lowest BCUT2D eigenvalue weighted by atomic mass is 10.1. The van der Waals surface area contributed by atoms with E-state index in [1.54, 1.807) is 5.01 Å². The van der Waals surface area contributed by atoms with E-state index in [0.29, 0.717) is 11.5 Å². The zero-order chi connectivity index (χ0) is 16.9. The molecule has 0 spiro atoms. The average molecular weight is 320 g/mol. The van der Waals surface area contributed by atoms with Crippen LogP contribution < -0.4 is 4.90 Å². The lowest BCUT2D eigenvalue weighted by Crippen LogP contribution is -2.45. The van der Waals surface area contributed by atoms with Crippen LogP contribution in [0, 0.1) is 5.21 Å².